The summed E-state index contributed by atoms with van der Waals surface area (Å²) in [6.45, 7) is 2.90. The Balaban J connectivity index is 0. The fourth-order valence-corrected chi connectivity index (χ4v) is 0.299. The van der Waals surface area contributed by atoms with Crippen molar-refractivity contribution in [2.75, 3.05) is 13.6 Å². The van der Waals surface area contributed by atoms with Crippen LogP contribution in [-0.2, 0) is 0 Å². The summed E-state index contributed by atoms with van der Waals surface area (Å²) < 4.78 is 0. The Hall–Kier alpha value is -0.480. The minimum atomic E-state index is 0. The lowest BCUT2D eigenvalue weighted by Gasteiger charge is -2.00. The van der Waals surface area contributed by atoms with E-state index in [4.69, 9.17) is 11.5 Å². The number of guanidine groups is 1. The van der Waals surface area contributed by atoms with Gasteiger partial charge in [-0.3, -0.25) is 0 Å². The Kier molecular flexibility index (Phi) is 7.12. The van der Waals surface area contributed by atoms with Crippen LogP contribution in [0.2, 0.25) is 0 Å². The van der Waals surface area contributed by atoms with Gasteiger partial charge in [-0.2, -0.15) is 0 Å². The lowest BCUT2D eigenvalue weighted by atomic mass is 10.7. The first-order valence-electron chi connectivity index (χ1n) is 2.59. The number of nitrogens with one attached hydrogen (secondary N) is 1. The minimum Gasteiger partial charge on any atom is -1.00 e. The molecule has 0 aliphatic carbocycles. The number of rotatable bonds is 2. The highest BCUT2D eigenvalue weighted by atomic mass is 35.5. The maximum atomic E-state index is 5.08. The van der Waals surface area contributed by atoms with E-state index in [-0.39, 0.29) is 18.4 Å². The second-order valence-electron chi connectivity index (χ2n) is 1.63. The van der Waals surface area contributed by atoms with E-state index < -0.39 is 0 Å². The van der Waals surface area contributed by atoms with Gasteiger partial charge in [-0.05, 0) is 12.0 Å². The molecule has 0 heterocycles. The third-order valence-electron chi connectivity index (χ3n) is 0.832. The summed E-state index contributed by atoms with van der Waals surface area (Å²) in [5, 5.41) is 4.75. The van der Waals surface area contributed by atoms with Crippen LogP contribution >= 0.6 is 0 Å². The van der Waals surface area contributed by atoms with Gasteiger partial charge < -0.3 is 23.9 Å². The van der Waals surface area contributed by atoms with Crippen LogP contribution in [0, 0.1) is 0 Å². The van der Waals surface area contributed by atoms with Crippen LogP contribution in [-0.4, -0.2) is 19.6 Å². The van der Waals surface area contributed by atoms with Crippen molar-refractivity contribution in [2.24, 2.45) is 16.6 Å². The molecule has 1 atom stereocenters. The first-order valence-corrected chi connectivity index (χ1v) is 2.59. The first kappa shape index (κ1) is 11.3. The van der Waals surface area contributed by atoms with E-state index in [1.165, 1.54) is 0 Å². The van der Waals surface area contributed by atoms with E-state index in [2.05, 4.69) is 5.10 Å². The average Bonchev–Trinajstić information content (AvgIpc) is 1.65. The zero-order valence-corrected chi connectivity index (χ0v) is 6.44. The SMILES string of the molecule is CC[NH+](C)N=C(N)N.[Cl-]. The molecular weight excluding hydrogens is 140 g/mol. The number of quaternary nitrogens is 1. The fraction of sp³-hybridized carbons (Fsp3) is 0.750. The number of halogens is 1. The lowest BCUT2D eigenvalue weighted by Crippen LogP contribution is -3.04. The second kappa shape index (κ2) is 5.65. The normalized spacial score (nSPS) is 11.3. The topological polar surface area (TPSA) is 68.8 Å². The number of hydrogen-bond acceptors (Lipinski definition) is 1. The van der Waals surface area contributed by atoms with Gasteiger partial charge >= 0.3 is 0 Å². The molecule has 0 aromatic rings. The quantitative estimate of drug-likeness (QED) is 0.210. The molecule has 0 saturated heterocycles. The average molecular weight is 153 g/mol. The van der Waals surface area contributed by atoms with Crippen LogP contribution in [0.25, 0.3) is 0 Å². The van der Waals surface area contributed by atoms with Crippen LogP contribution < -0.4 is 28.9 Å². The molecule has 0 aliphatic heterocycles. The molecule has 5 heteroatoms. The minimum absolute atomic E-state index is 0. The van der Waals surface area contributed by atoms with Crippen LogP contribution in [0.1, 0.15) is 6.92 Å². The summed E-state index contributed by atoms with van der Waals surface area (Å²) in [5.41, 5.74) is 10.2. The third kappa shape index (κ3) is 7.52. The highest BCUT2D eigenvalue weighted by Gasteiger charge is 1.90. The van der Waals surface area contributed by atoms with Crippen molar-refractivity contribution in [3.8, 4) is 0 Å². The Labute approximate surface area is 61.3 Å². The van der Waals surface area contributed by atoms with E-state index in [0.29, 0.717) is 0 Å². The Bertz CT molecular complexity index is 88.6. The zero-order valence-electron chi connectivity index (χ0n) is 5.69. The van der Waals surface area contributed by atoms with Crippen LogP contribution in [0.4, 0.5) is 0 Å². The maximum Gasteiger partial charge on any atom is 0.244 e. The molecule has 9 heavy (non-hydrogen) atoms. The van der Waals surface area contributed by atoms with E-state index in [1.807, 2.05) is 14.0 Å². The Morgan fingerprint density at radius 1 is 1.56 bits per heavy atom. The smallest absolute Gasteiger partial charge is 0.244 e. The van der Waals surface area contributed by atoms with Crippen molar-refractivity contribution in [1.29, 1.82) is 0 Å². The molecule has 0 amide bonds. The van der Waals surface area contributed by atoms with E-state index >= 15 is 0 Å². The van der Waals surface area contributed by atoms with Crippen LogP contribution in [0.5, 0.6) is 0 Å². The predicted molar refractivity (Wildman–Crippen MR) is 33.2 cm³/mol. The van der Waals surface area contributed by atoms with Gasteiger partial charge in [-0.15, -0.1) is 0 Å². The monoisotopic (exact) mass is 152 g/mol. The zero-order chi connectivity index (χ0) is 6.57. The molecule has 4 nitrogen and oxygen atoms in total. The van der Waals surface area contributed by atoms with Crippen molar-refractivity contribution >= 4 is 5.96 Å². The molecule has 0 aromatic heterocycles. The van der Waals surface area contributed by atoms with Crippen molar-refractivity contribution in [1.82, 2.24) is 0 Å². The highest BCUT2D eigenvalue weighted by Crippen LogP contribution is 1.42. The van der Waals surface area contributed by atoms with Crippen molar-refractivity contribution < 1.29 is 17.4 Å². The number of hydrogen-bond donors (Lipinski definition) is 3. The molecule has 0 bridgehead atoms. The number of nitrogens with zero attached hydrogens (tertiary/aromatic N) is 1. The molecule has 0 spiro atoms. The molecule has 56 valence electrons. The summed E-state index contributed by atoms with van der Waals surface area (Å²) in [6, 6.07) is 0. The molecule has 0 radical (unpaired) electrons. The van der Waals surface area contributed by atoms with Gasteiger partial charge in [0.15, 0.2) is 0 Å². The van der Waals surface area contributed by atoms with Crippen LogP contribution in [0.15, 0.2) is 5.10 Å². The van der Waals surface area contributed by atoms with Gasteiger partial charge in [-0.1, -0.05) is 0 Å². The standard InChI is InChI=1S/C4H12N4.ClH/c1-3-8(2)7-4(5)6;/h3H2,1-2H3,(H4,5,6,7);1H. The molecule has 0 saturated carbocycles. The summed E-state index contributed by atoms with van der Waals surface area (Å²) in [5.74, 6) is 0.143. The second-order valence-corrected chi connectivity index (χ2v) is 1.63. The van der Waals surface area contributed by atoms with E-state index in [1.54, 1.807) is 0 Å². The van der Waals surface area contributed by atoms with Gasteiger partial charge in [-0.25, -0.2) is 5.01 Å². The molecule has 0 fully saturated rings. The molecule has 5 N–H and O–H groups in total. The Morgan fingerprint density at radius 3 is 2.11 bits per heavy atom. The molecular formula is C4H13ClN4. The number of nitrogens with two attached hydrogens (primary N) is 2. The van der Waals surface area contributed by atoms with Crippen LogP contribution in [0.3, 0.4) is 0 Å². The highest BCUT2D eigenvalue weighted by molar-refractivity contribution is 5.74. The Morgan fingerprint density at radius 2 is 2.00 bits per heavy atom. The van der Waals surface area contributed by atoms with Gasteiger partial charge in [0.2, 0.25) is 5.96 Å². The van der Waals surface area contributed by atoms with E-state index in [0.717, 1.165) is 11.6 Å². The summed E-state index contributed by atoms with van der Waals surface area (Å²) in [7, 11) is 1.89. The molecule has 1 unspecified atom stereocenters. The summed E-state index contributed by atoms with van der Waals surface area (Å²) in [4.78, 5) is 0. The van der Waals surface area contributed by atoms with Crippen molar-refractivity contribution in [2.45, 2.75) is 6.92 Å². The maximum absolute atomic E-state index is 5.08. The fourth-order valence-electron chi connectivity index (χ4n) is 0.299. The largest absolute Gasteiger partial charge is 1.00 e. The van der Waals surface area contributed by atoms with Gasteiger partial charge in [0.1, 0.15) is 0 Å². The van der Waals surface area contributed by atoms with Gasteiger partial charge in [0.25, 0.3) is 0 Å². The molecule has 0 rings (SSSR count). The summed E-state index contributed by atoms with van der Waals surface area (Å²) in [6.07, 6.45) is 0. The molecule has 0 aromatic carbocycles. The predicted octanol–water partition coefficient (Wildman–Crippen LogP) is -5.29. The first-order chi connectivity index (χ1) is 3.66. The van der Waals surface area contributed by atoms with Crippen molar-refractivity contribution in [3.05, 3.63) is 0 Å². The van der Waals surface area contributed by atoms with Gasteiger partial charge in [0.05, 0.1) is 13.6 Å². The third-order valence-corrected chi connectivity index (χ3v) is 0.832. The lowest BCUT2D eigenvalue weighted by molar-refractivity contribution is -0.884. The summed E-state index contributed by atoms with van der Waals surface area (Å²) >= 11 is 0. The van der Waals surface area contributed by atoms with Crippen molar-refractivity contribution in [3.63, 3.8) is 0 Å². The van der Waals surface area contributed by atoms with E-state index in [9.17, 15) is 0 Å². The molecule has 0 aliphatic rings. The van der Waals surface area contributed by atoms with Gasteiger partial charge in [0, 0.05) is 0 Å².